The molecule has 4 aliphatic rings. The first kappa shape index (κ1) is 19.3. The van der Waals surface area contributed by atoms with Gasteiger partial charge in [-0.3, -0.25) is 9.35 Å². The van der Waals surface area contributed by atoms with Gasteiger partial charge in [0, 0.05) is 5.54 Å². The van der Waals surface area contributed by atoms with Gasteiger partial charge < -0.3 is 10.8 Å². The SMILES string of the molecule is CCc1ccc(S(=O)(=O)O)cc1.NC12CC3CC(C1)CC(C(=O)O)(C3)C2. The summed E-state index contributed by atoms with van der Waals surface area (Å²) in [6, 6.07) is 6.16. The zero-order valence-electron chi connectivity index (χ0n) is 15.0. The van der Waals surface area contributed by atoms with Gasteiger partial charge in [0.2, 0.25) is 0 Å². The molecule has 0 radical (unpaired) electrons. The summed E-state index contributed by atoms with van der Waals surface area (Å²) >= 11 is 0. The zero-order chi connectivity index (χ0) is 19.2. The van der Waals surface area contributed by atoms with Crippen molar-refractivity contribution in [3.63, 3.8) is 0 Å². The van der Waals surface area contributed by atoms with Crippen LogP contribution in [0, 0.1) is 17.3 Å². The third-order valence-corrected chi connectivity index (χ3v) is 7.06. The summed E-state index contributed by atoms with van der Waals surface area (Å²) in [5, 5.41) is 9.34. The van der Waals surface area contributed by atoms with Gasteiger partial charge in [-0.2, -0.15) is 8.42 Å². The number of rotatable bonds is 3. The lowest BCUT2D eigenvalue weighted by molar-refractivity contribution is -0.166. The average molecular weight is 381 g/mol. The lowest BCUT2D eigenvalue weighted by Crippen LogP contribution is -2.62. The number of nitrogens with two attached hydrogens (primary N) is 1. The second kappa shape index (κ2) is 6.62. The Morgan fingerprint density at radius 1 is 1.15 bits per heavy atom. The van der Waals surface area contributed by atoms with E-state index in [-0.39, 0.29) is 10.4 Å². The Balaban J connectivity index is 0.000000153. The van der Waals surface area contributed by atoms with Crippen LogP contribution in [-0.4, -0.2) is 29.6 Å². The number of benzene rings is 1. The highest BCUT2D eigenvalue weighted by molar-refractivity contribution is 7.85. The van der Waals surface area contributed by atoms with Crippen molar-refractivity contribution in [3.8, 4) is 0 Å². The van der Waals surface area contributed by atoms with E-state index in [1.807, 2.05) is 6.92 Å². The first-order valence-corrected chi connectivity index (χ1v) is 10.6. The molecule has 0 spiro atoms. The zero-order valence-corrected chi connectivity index (χ0v) is 15.8. The highest BCUT2D eigenvalue weighted by Gasteiger charge is 2.59. The van der Waals surface area contributed by atoms with Gasteiger partial charge in [-0.25, -0.2) is 0 Å². The van der Waals surface area contributed by atoms with Crippen molar-refractivity contribution < 1.29 is 22.9 Å². The maximum absolute atomic E-state index is 11.3. The minimum atomic E-state index is -4.03. The molecule has 7 heteroatoms. The molecule has 0 aromatic heterocycles. The Hall–Kier alpha value is -1.44. The molecule has 1 aromatic rings. The van der Waals surface area contributed by atoms with E-state index in [9.17, 15) is 18.3 Å². The normalized spacial score (nSPS) is 34.9. The number of hydrogen-bond acceptors (Lipinski definition) is 4. The van der Waals surface area contributed by atoms with Gasteiger partial charge in [0.1, 0.15) is 0 Å². The summed E-state index contributed by atoms with van der Waals surface area (Å²) in [6.45, 7) is 1.97. The molecule has 144 valence electrons. The molecule has 0 amide bonds. The summed E-state index contributed by atoms with van der Waals surface area (Å²) in [5.74, 6) is 0.594. The van der Waals surface area contributed by atoms with Gasteiger partial charge in [0.25, 0.3) is 10.1 Å². The van der Waals surface area contributed by atoms with Crippen LogP contribution >= 0.6 is 0 Å². The molecule has 2 atom stereocenters. The predicted molar refractivity (Wildman–Crippen MR) is 97.3 cm³/mol. The number of hydrogen-bond donors (Lipinski definition) is 3. The molecule has 4 N–H and O–H groups in total. The minimum absolute atomic E-state index is 0.0558. The van der Waals surface area contributed by atoms with Crippen molar-refractivity contribution in [3.05, 3.63) is 29.8 Å². The van der Waals surface area contributed by atoms with Gasteiger partial charge in [-0.05, 0) is 74.5 Å². The highest BCUT2D eigenvalue weighted by Crippen LogP contribution is 2.60. The molecule has 0 saturated heterocycles. The fourth-order valence-electron chi connectivity index (χ4n) is 5.48. The smallest absolute Gasteiger partial charge is 0.309 e. The van der Waals surface area contributed by atoms with Crippen LogP contribution in [0.4, 0.5) is 0 Å². The predicted octanol–water partition coefficient (Wildman–Crippen LogP) is 2.86. The maximum Gasteiger partial charge on any atom is 0.309 e. The van der Waals surface area contributed by atoms with Gasteiger partial charge in [0.05, 0.1) is 10.3 Å². The maximum atomic E-state index is 11.3. The van der Waals surface area contributed by atoms with Crippen molar-refractivity contribution in [2.24, 2.45) is 23.0 Å². The second-order valence-electron chi connectivity index (χ2n) is 8.38. The molecule has 6 nitrogen and oxygen atoms in total. The van der Waals surface area contributed by atoms with Crippen molar-refractivity contribution in [1.82, 2.24) is 0 Å². The lowest BCUT2D eigenvalue weighted by Gasteiger charge is -2.59. The van der Waals surface area contributed by atoms with Crippen molar-refractivity contribution in [2.75, 3.05) is 0 Å². The quantitative estimate of drug-likeness (QED) is 0.693. The molecule has 26 heavy (non-hydrogen) atoms. The van der Waals surface area contributed by atoms with E-state index in [1.54, 1.807) is 12.1 Å². The van der Waals surface area contributed by atoms with Gasteiger partial charge >= 0.3 is 5.97 Å². The molecular weight excluding hydrogens is 354 g/mol. The first-order valence-electron chi connectivity index (χ1n) is 9.14. The Labute approximate surface area is 154 Å². The number of carbonyl (C=O) groups is 1. The van der Waals surface area contributed by atoms with Crippen LogP contribution in [0.1, 0.15) is 51.0 Å². The fraction of sp³-hybridized carbons (Fsp3) is 0.632. The van der Waals surface area contributed by atoms with Crippen molar-refractivity contribution in [2.45, 2.75) is 62.3 Å². The van der Waals surface area contributed by atoms with E-state index in [0.29, 0.717) is 11.8 Å². The highest BCUT2D eigenvalue weighted by atomic mass is 32.2. The van der Waals surface area contributed by atoms with Crippen LogP contribution in [-0.2, 0) is 21.3 Å². The van der Waals surface area contributed by atoms with Crippen molar-refractivity contribution in [1.29, 1.82) is 0 Å². The van der Waals surface area contributed by atoms with E-state index in [2.05, 4.69) is 0 Å². The fourth-order valence-corrected chi connectivity index (χ4v) is 5.96. The van der Waals surface area contributed by atoms with Gasteiger partial charge in [0.15, 0.2) is 0 Å². The van der Waals surface area contributed by atoms with Crippen LogP contribution in [0.5, 0.6) is 0 Å². The number of aliphatic carboxylic acids is 1. The molecule has 1 aromatic carbocycles. The standard InChI is InChI=1S/C11H17NO2.C8H10O3S/c12-11-4-7-1-8(5-11)3-10(2-7,6-11)9(13)14;1-2-7-3-5-8(6-4-7)12(9,10)11/h7-8H,1-6,12H2,(H,13,14);3-6H,2H2,1H3,(H,9,10,11). The summed E-state index contributed by atoms with van der Waals surface area (Å²) in [5.41, 5.74) is 6.74. The molecule has 4 aliphatic carbocycles. The Bertz CT molecular complexity index is 773. The minimum Gasteiger partial charge on any atom is -0.481 e. The topological polar surface area (TPSA) is 118 Å². The number of carboxylic acid groups (broad SMARTS) is 1. The average Bonchev–Trinajstić information content (AvgIpc) is 2.52. The molecule has 5 rings (SSSR count). The summed E-state index contributed by atoms with van der Waals surface area (Å²) < 4.78 is 29.8. The van der Waals surface area contributed by atoms with E-state index >= 15 is 0 Å². The second-order valence-corrected chi connectivity index (χ2v) is 9.80. The summed E-state index contributed by atoms with van der Waals surface area (Å²) in [6.07, 6.45) is 6.72. The first-order chi connectivity index (χ1) is 12.1. The Kier molecular flexibility index (Phi) is 4.92. The number of aryl methyl sites for hydroxylation is 1. The van der Waals surface area contributed by atoms with Crippen LogP contribution < -0.4 is 5.73 Å². The summed E-state index contributed by atoms with van der Waals surface area (Å²) in [4.78, 5) is 11.3. The van der Waals surface area contributed by atoms with Gasteiger partial charge in [-0.1, -0.05) is 19.1 Å². The van der Waals surface area contributed by atoms with E-state index < -0.39 is 21.5 Å². The number of carboxylic acids is 1. The van der Waals surface area contributed by atoms with E-state index in [0.717, 1.165) is 44.1 Å². The van der Waals surface area contributed by atoms with Gasteiger partial charge in [-0.15, -0.1) is 0 Å². The molecule has 0 aliphatic heterocycles. The third kappa shape index (κ3) is 3.80. The molecule has 4 fully saturated rings. The molecule has 4 bridgehead atoms. The largest absolute Gasteiger partial charge is 0.481 e. The third-order valence-electron chi connectivity index (χ3n) is 6.19. The molecule has 2 unspecified atom stereocenters. The van der Waals surface area contributed by atoms with E-state index in [4.69, 9.17) is 10.3 Å². The van der Waals surface area contributed by atoms with Crippen LogP contribution in [0.25, 0.3) is 0 Å². The molecular formula is C19H27NO5S. The summed E-state index contributed by atoms with van der Waals surface area (Å²) in [7, 11) is -4.03. The van der Waals surface area contributed by atoms with Crippen molar-refractivity contribution >= 4 is 16.1 Å². The van der Waals surface area contributed by atoms with Crippen LogP contribution in [0.2, 0.25) is 0 Å². The lowest BCUT2D eigenvalue weighted by atomic mass is 9.47. The van der Waals surface area contributed by atoms with Crippen LogP contribution in [0.3, 0.4) is 0 Å². The Morgan fingerprint density at radius 2 is 1.69 bits per heavy atom. The monoisotopic (exact) mass is 381 g/mol. The van der Waals surface area contributed by atoms with Crippen LogP contribution in [0.15, 0.2) is 29.2 Å². The molecule has 0 heterocycles. The molecule has 4 saturated carbocycles. The van der Waals surface area contributed by atoms with E-state index in [1.165, 1.54) is 18.6 Å². The Morgan fingerprint density at radius 3 is 2.08 bits per heavy atom.